The lowest BCUT2D eigenvalue weighted by Gasteiger charge is -2.34. The Hall–Kier alpha value is -2.91. The summed E-state index contributed by atoms with van der Waals surface area (Å²) in [7, 11) is 0. The van der Waals surface area contributed by atoms with Crippen molar-refractivity contribution >= 4 is 47.4 Å². The zero-order valence-electron chi connectivity index (χ0n) is 26.0. The largest absolute Gasteiger partial charge is 0.359 e. The third-order valence-electron chi connectivity index (χ3n) is 9.89. The number of hydrogen-bond donors (Lipinski definition) is 2. The van der Waals surface area contributed by atoms with Crippen molar-refractivity contribution in [2.45, 2.75) is 82.7 Å². The normalized spacial score (nSPS) is 27.0. The van der Waals surface area contributed by atoms with Crippen LogP contribution in [0.4, 0.5) is 5.69 Å². The Morgan fingerprint density at radius 3 is 2.56 bits per heavy atom. The van der Waals surface area contributed by atoms with Crippen LogP contribution in [0, 0.1) is 18.8 Å². The second-order valence-electron chi connectivity index (χ2n) is 12.7. The predicted octanol–water partition coefficient (Wildman–Crippen LogP) is 5.52. The monoisotopic (exact) mass is 654 g/mol. The minimum atomic E-state index is -1.16. The first kappa shape index (κ1) is 33.5. The van der Waals surface area contributed by atoms with Crippen molar-refractivity contribution in [3.05, 3.63) is 76.8 Å². The number of carbonyl (C=O) groups is 3. The molecule has 3 amide bonds. The lowest BCUT2D eigenvalue weighted by atomic mass is 9.74. The molecule has 1 saturated carbocycles. The molecule has 2 aromatic rings. The fourth-order valence-corrected chi connectivity index (χ4v) is 7.77. The minimum Gasteiger partial charge on any atom is -0.359 e. The standard InChI is InChI=1S/C35H43ClN4O4.ClH/c1-3-39(22-24-11-6-4-7-12-24)19-10-20-40-31(33(42)37-25-13-8-5-9-14-25)35-18-17-28(44-35)29(30(35)34(40)43)32(41)38-26-16-15-23(2)27(36)21-26;/h4,6-7,11-12,15-18,21,25,28-31H,3,5,8-10,13-14,19-20,22H2,1-2H3,(H,37,42)(H,38,41);1H/t28-,29?,30-,31?,35?;/m1./s1. The topological polar surface area (TPSA) is 91.0 Å². The number of nitrogens with zero attached hydrogens (tertiary/aromatic N) is 2. The van der Waals surface area contributed by atoms with Gasteiger partial charge in [0.25, 0.3) is 0 Å². The lowest BCUT2D eigenvalue weighted by molar-refractivity contribution is -0.141. The van der Waals surface area contributed by atoms with Gasteiger partial charge in [-0.3, -0.25) is 19.3 Å². The molecule has 3 fully saturated rings. The van der Waals surface area contributed by atoms with Crippen LogP contribution in [0.25, 0.3) is 0 Å². The van der Waals surface area contributed by atoms with Crippen LogP contribution in [0.3, 0.4) is 0 Å². The van der Waals surface area contributed by atoms with Crippen LogP contribution in [0.5, 0.6) is 0 Å². The molecule has 1 aliphatic carbocycles. The van der Waals surface area contributed by atoms with Gasteiger partial charge in [0.05, 0.1) is 17.9 Å². The van der Waals surface area contributed by atoms with E-state index in [1.807, 2.05) is 43.3 Å². The summed E-state index contributed by atoms with van der Waals surface area (Å²) in [6.07, 6.45) is 9.11. The van der Waals surface area contributed by atoms with Gasteiger partial charge in [-0.25, -0.2) is 0 Å². The molecule has 6 rings (SSSR count). The van der Waals surface area contributed by atoms with Crippen molar-refractivity contribution < 1.29 is 19.1 Å². The maximum absolute atomic E-state index is 14.3. The summed E-state index contributed by atoms with van der Waals surface area (Å²) < 4.78 is 6.52. The summed E-state index contributed by atoms with van der Waals surface area (Å²) in [6.45, 7) is 6.92. The number of fused-ring (bicyclic) bond motifs is 1. The number of aryl methyl sites for hydroxylation is 1. The van der Waals surface area contributed by atoms with Crippen molar-refractivity contribution in [3.63, 3.8) is 0 Å². The number of rotatable bonds is 11. The van der Waals surface area contributed by atoms with Crippen LogP contribution in [0.2, 0.25) is 5.02 Å². The van der Waals surface area contributed by atoms with Crippen LogP contribution in [0.15, 0.2) is 60.7 Å². The molecule has 10 heteroatoms. The molecule has 1 spiro atoms. The Bertz CT molecular complexity index is 1420. The number of halogens is 2. The van der Waals surface area contributed by atoms with E-state index in [1.54, 1.807) is 17.0 Å². The fourth-order valence-electron chi connectivity index (χ4n) is 7.59. The zero-order chi connectivity index (χ0) is 30.8. The number of benzene rings is 2. The van der Waals surface area contributed by atoms with Crippen molar-refractivity contribution in [2.75, 3.05) is 25.0 Å². The molecule has 2 bridgehead atoms. The first-order valence-electron chi connectivity index (χ1n) is 16.1. The number of amides is 3. The zero-order valence-corrected chi connectivity index (χ0v) is 27.6. The van der Waals surface area contributed by atoms with Gasteiger partial charge in [-0.2, -0.15) is 0 Å². The molecular weight excluding hydrogens is 611 g/mol. The summed E-state index contributed by atoms with van der Waals surface area (Å²) in [4.78, 5) is 46.2. The number of anilines is 1. The second kappa shape index (κ2) is 14.2. The molecule has 2 saturated heterocycles. The Labute approximate surface area is 277 Å². The van der Waals surface area contributed by atoms with Gasteiger partial charge < -0.3 is 20.3 Å². The summed E-state index contributed by atoms with van der Waals surface area (Å²) in [6, 6.07) is 15.0. The maximum atomic E-state index is 14.3. The molecule has 3 unspecified atom stereocenters. The van der Waals surface area contributed by atoms with Gasteiger partial charge in [0.1, 0.15) is 11.6 Å². The Morgan fingerprint density at radius 2 is 1.84 bits per heavy atom. The molecule has 2 N–H and O–H groups in total. The predicted molar refractivity (Wildman–Crippen MR) is 178 cm³/mol. The molecule has 2 aromatic carbocycles. The van der Waals surface area contributed by atoms with Crippen molar-refractivity contribution in [3.8, 4) is 0 Å². The van der Waals surface area contributed by atoms with Gasteiger partial charge in [0, 0.05) is 36.4 Å². The van der Waals surface area contributed by atoms with E-state index in [9.17, 15) is 14.4 Å². The van der Waals surface area contributed by atoms with E-state index in [0.29, 0.717) is 23.7 Å². The highest BCUT2D eigenvalue weighted by atomic mass is 35.5. The van der Waals surface area contributed by atoms with Crippen LogP contribution in [0.1, 0.15) is 56.6 Å². The molecule has 3 heterocycles. The highest BCUT2D eigenvalue weighted by molar-refractivity contribution is 6.31. The number of ether oxygens (including phenoxy) is 1. The first-order valence-corrected chi connectivity index (χ1v) is 16.5. The van der Waals surface area contributed by atoms with E-state index in [0.717, 1.165) is 50.9 Å². The van der Waals surface area contributed by atoms with Crippen LogP contribution in [-0.2, 0) is 25.7 Å². The summed E-state index contributed by atoms with van der Waals surface area (Å²) in [5.41, 5.74) is 1.55. The van der Waals surface area contributed by atoms with E-state index in [-0.39, 0.29) is 36.2 Å². The van der Waals surface area contributed by atoms with Crippen LogP contribution >= 0.6 is 24.0 Å². The van der Waals surface area contributed by atoms with Crippen molar-refractivity contribution in [1.29, 1.82) is 0 Å². The molecule has 4 aliphatic rings. The number of likely N-dealkylation sites (tertiary alicyclic amines) is 1. The third kappa shape index (κ3) is 6.66. The summed E-state index contributed by atoms with van der Waals surface area (Å²) in [5.74, 6) is -2.18. The molecule has 3 aliphatic heterocycles. The van der Waals surface area contributed by atoms with E-state index in [1.165, 1.54) is 12.0 Å². The summed E-state index contributed by atoms with van der Waals surface area (Å²) >= 11 is 6.31. The highest BCUT2D eigenvalue weighted by Gasteiger charge is 2.72. The van der Waals surface area contributed by atoms with Crippen molar-refractivity contribution in [2.24, 2.45) is 11.8 Å². The van der Waals surface area contributed by atoms with E-state index in [4.69, 9.17) is 16.3 Å². The Balaban J connectivity index is 0.00000400. The lowest BCUT2D eigenvalue weighted by Crippen LogP contribution is -2.56. The molecule has 8 nitrogen and oxygen atoms in total. The molecular formula is C35H44Cl2N4O4. The minimum absolute atomic E-state index is 0. The van der Waals surface area contributed by atoms with Gasteiger partial charge in [-0.05, 0) is 56.0 Å². The van der Waals surface area contributed by atoms with Crippen LogP contribution < -0.4 is 10.6 Å². The molecule has 5 atom stereocenters. The smallest absolute Gasteiger partial charge is 0.246 e. The van der Waals surface area contributed by atoms with Gasteiger partial charge in [0.15, 0.2) is 0 Å². The molecule has 0 radical (unpaired) electrons. The number of nitrogens with one attached hydrogen (secondary N) is 2. The van der Waals surface area contributed by atoms with Crippen molar-refractivity contribution in [1.82, 2.24) is 15.1 Å². The molecule has 45 heavy (non-hydrogen) atoms. The Morgan fingerprint density at radius 1 is 1.09 bits per heavy atom. The molecule has 242 valence electrons. The van der Waals surface area contributed by atoms with Gasteiger partial charge in [-0.1, -0.05) is 86.3 Å². The molecule has 0 aromatic heterocycles. The van der Waals surface area contributed by atoms with Crippen LogP contribution in [-0.4, -0.2) is 70.9 Å². The van der Waals surface area contributed by atoms with Gasteiger partial charge >= 0.3 is 0 Å². The van der Waals surface area contributed by atoms with E-state index in [2.05, 4.69) is 34.6 Å². The maximum Gasteiger partial charge on any atom is 0.246 e. The third-order valence-corrected chi connectivity index (χ3v) is 10.3. The van der Waals surface area contributed by atoms with E-state index < -0.39 is 29.6 Å². The fraction of sp³-hybridized carbons (Fsp3) is 0.514. The number of hydrogen-bond acceptors (Lipinski definition) is 5. The quantitative estimate of drug-likeness (QED) is 0.312. The SMILES string of the molecule is CCN(CCCN1C(=O)[C@H]2C(C(=O)Nc3ccc(C)c(Cl)c3)[C@H]3C=CC2(O3)C1C(=O)NC1CCCCC1)Cc1ccccc1.Cl. The second-order valence-corrected chi connectivity index (χ2v) is 13.1. The van der Waals surface area contributed by atoms with Gasteiger partial charge in [-0.15, -0.1) is 12.4 Å². The highest BCUT2D eigenvalue weighted by Crippen LogP contribution is 2.55. The average Bonchev–Trinajstić information content (AvgIpc) is 3.67. The van der Waals surface area contributed by atoms with Gasteiger partial charge in [0.2, 0.25) is 17.7 Å². The van der Waals surface area contributed by atoms with E-state index >= 15 is 0 Å². The summed E-state index contributed by atoms with van der Waals surface area (Å²) in [5, 5.41) is 6.79. The Kier molecular flexibility index (Phi) is 10.6. The first-order chi connectivity index (χ1) is 21.3. The number of carbonyl (C=O) groups excluding carboxylic acids is 3. The average molecular weight is 656 g/mol.